The molecule has 6 nitrogen and oxygen atoms in total. The number of nitrogens with one attached hydrogen (secondary N) is 2. The first-order valence-electron chi connectivity index (χ1n) is 8.52. The predicted octanol–water partition coefficient (Wildman–Crippen LogP) is 0.507. The Morgan fingerprint density at radius 2 is 1.96 bits per heavy atom. The van der Waals surface area contributed by atoms with Crippen molar-refractivity contribution < 1.29 is 13.2 Å². The molecule has 1 unspecified atom stereocenters. The fourth-order valence-corrected chi connectivity index (χ4v) is 5.71. The summed E-state index contributed by atoms with van der Waals surface area (Å²) in [4.78, 5) is 12.0. The molecule has 0 spiro atoms. The summed E-state index contributed by atoms with van der Waals surface area (Å²) in [6, 6.07) is 0. The Morgan fingerprint density at radius 3 is 2.61 bits per heavy atom. The van der Waals surface area contributed by atoms with Crippen LogP contribution in [-0.4, -0.2) is 68.6 Å². The molecule has 2 aliphatic heterocycles. The predicted molar refractivity (Wildman–Crippen MR) is 95.1 cm³/mol. The number of amides is 1. The van der Waals surface area contributed by atoms with E-state index >= 15 is 0 Å². The Morgan fingerprint density at radius 1 is 1.30 bits per heavy atom. The number of carbonyl (C=O) groups is 1. The third kappa shape index (κ3) is 6.25. The van der Waals surface area contributed by atoms with E-state index in [1.54, 1.807) is 16.1 Å². The minimum absolute atomic E-state index is 0.00510. The fraction of sp³-hybridized carbons (Fsp3) is 0.933. The molecule has 0 saturated carbocycles. The van der Waals surface area contributed by atoms with Crippen LogP contribution >= 0.6 is 11.8 Å². The van der Waals surface area contributed by atoms with Gasteiger partial charge < -0.3 is 10.6 Å². The quantitative estimate of drug-likeness (QED) is 0.689. The molecule has 0 bridgehead atoms. The first kappa shape index (κ1) is 19.0. The zero-order valence-corrected chi connectivity index (χ0v) is 15.6. The minimum Gasteiger partial charge on any atom is -0.355 e. The molecule has 0 aromatic rings. The molecule has 1 amide bonds. The highest BCUT2D eigenvalue weighted by atomic mass is 32.2. The maximum absolute atomic E-state index is 12.2. The van der Waals surface area contributed by atoms with E-state index < -0.39 is 10.0 Å². The van der Waals surface area contributed by atoms with Gasteiger partial charge in [-0.25, -0.2) is 12.7 Å². The molecule has 2 heterocycles. The van der Waals surface area contributed by atoms with E-state index in [0.29, 0.717) is 31.3 Å². The molecular weight excluding hydrogens is 334 g/mol. The first-order chi connectivity index (χ1) is 11.0. The molecule has 23 heavy (non-hydrogen) atoms. The van der Waals surface area contributed by atoms with Crippen LogP contribution in [0.5, 0.6) is 0 Å². The molecule has 2 aliphatic rings. The second kappa shape index (κ2) is 9.25. The van der Waals surface area contributed by atoms with Crippen molar-refractivity contribution in [3.63, 3.8) is 0 Å². The molecule has 0 radical (unpaired) electrons. The van der Waals surface area contributed by atoms with Gasteiger partial charge in [0.15, 0.2) is 0 Å². The Balaban J connectivity index is 1.67. The lowest BCUT2D eigenvalue weighted by atomic mass is 9.84. The number of carbonyl (C=O) groups excluding carboxylic acids is 1. The molecule has 2 fully saturated rings. The van der Waals surface area contributed by atoms with Crippen molar-refractivity contribution in [2.24, 2.45) is 11.8 Å². The largest absolute Gasteiger partial charge is 0.355 e. The lowest BCUT2D eigenvalue weighted by Crippen LogP contribution is -2.42. The van der Waals surface area contributed by atoms with Crippen LogP contribution in [0.4, 0.5) is 0 Å². The molecular formula is C15H29N3O3S2. The molecule has 2 N–H and O–H groups in total. The van der Waals surface area contributed by atoms with Gasteiger partial charge in [0.25, 0.3) is 0 Å². The Kier molecular flexibility index (Phi) is 7.65. The van der Waals surface area contributed by atoms with Gasteiger partial charge in [0, 0.05) is 37.6 Å². The van der Waals surface area contributed by atoms with Gasteiger partial charge in [0.05, 0.1) is 5.75 Å². The van der Waals surface area contributed by atoms with Crippen molar-refractivity contribution in [2.45, 2.75) is 26.2 Å². The van der Waals surface area contributed by atoms with Crippen LogP contribution in [0.15, 0.2) is 0 Å². The number of sulfonamides is 1. The van der Waals surface area contributed by atoms with E-state index in [-0.39, 0.29) is 18.2 Å². The SMILES string of the molecule is CC(CC(=O)NCCS(=O)(=O)N1CCSCC1)C1CCNCC1. The summed E-state index contributed by atoms with van der Waals surface area (Å²) in [7, 11) is -3.23. The smallest absolute Gasteiger partial charge is 0.220 e. The van der Waals surface area contributed by atoms with Gasteiger partial charge in [-0.3, -0.25) is 4.79 Å². The third-order valence-electron chi connectivity index (χ3n) is 4.74. The highest BCUT2D eigenvalue weighted by Crippen LogP contribution is 2.24. The summed E-state index contributed by atoms with van der Waals surface area (Å²) < 4.78 is 25.9. The van der Waals surface area contributed by atoms with Gasteiger partial charge >= 0.3 is 0 Å². The number of thioether (sulfide) groups is 1. The molecule has 2 saturated heterocycles. The molecule has 0 aromatic carbocycles. The van der Waals surface area contributed by atoms with Crippen LogP contribution in [0, 0.1) is 11.8 Å². The number of rotatable bonds is 7. The maximum Gasteiger partial charge on any atom is 0.220 e. The van der Waals surface area contributed by atoms with Crippen LogP contribution in [0.1, 0.15) is 26.2 Å². The van der Waals surface area contributed by atoms with Crippen molar-refractivity contribution in [3.05, 3.63) is 0 Å². The van der Waals surface area contributed by atoms with Crippen molar-refractivity contribution in [3.8, 4) is 0 Å². The molecule has 134 valence electrons. The van der Waals surface area contributed by atoms with E-state index in [0.717, 1.165) is 37.4 Å². The second-order valence-electron chi connectivity index (χ2n) is 6.45. The highest BCUT2D eigenvalue weighted by molar-refractivity contribution is 7.99. The lowest BCUT2D eigenvalue weighted by Gasteiger charge is -2.28. The van der Waals surface area contributed by atoms with E-state index in [1.807, 2.05) is 0 Å². The van der Waals surface area contributed by atoms with Crippen LogP contribution in [0.3, 0.4) is 0 Å². The molecule has 0 aromatic heterocycles. The lowest BCUT2D eigenvalue weighted by molar-refractivity contribution is -0.122. The van der Waals surface area contributed by atoms with E-state index in [1.165, 1.54) is 0 Å². The number of nitrogens with zero attached hydrogens (tertiary/aromatic N) is 1. The van der Waals surface area contributed by atoms with Gasteiger partial charge in [-0.1, -0.05) is 6.92 Å². The average Bonchev–Trinajstić information content (AvgIpc) is 2.56. The zero-order valence-electron chi connectivity index (χ0n) is 13.9. The van der Waals surface area contributed by atoms with Gasteiger partial charge in [0.1, 0.15) is 0 Å². The second-order valence-corrected chi connectivity index (χ2v) is 9.76. The summed E-state index contributed by atoms with van der Waals surface area (Å²) in [5.41, 5.74) is 0. The van der Waals surface area contributed by atoms with Crippen LogP contribution in [0.25, 0.3) is 0 Å². The first-order valence-corrected chi connectivity index (χ1v) is 11.3. The average molecular weight is 364 g/mol. The summed E-state index contributed by atoms with van der Waals surface area (Å²) in [5.74, 6) is 2.65. The van der Waals surface area contributed by atoms with E-state index in [2.05, 4.69) is 17.6 Å². The summed E-state index contributed by atoms with van der Waals surface area (Å²) >= 11 is 1.78. The minimum atomic E-state index is -3.23. The van der Waals surface area contributed by atoms with Crippen LogP contribution in [-0.2, 0) is 14.8 Å². The molecule has 0 aliphatic carbocycles. The fourth-order valence-electron chi connectivity index (χ4n) is 3.22. The van der Waals surface area contributed by atoms with Crippen molar-refractivity contribution in [2.75, 3.05) is 50.0 Å². The van der Waals surface area contributed by atoms with Gasteiger partial charge in [-0.15, -0.1) is 0 Å². The van der Waals surface area contributed by atoms with Crippen LogP contribution in [0.2, 0.25) is 0 Å². The number of hydrogen-bond acceptors (Lipinski definition) is 5. The normalized spacial score (nSPS) is 22.7. The monoisotopic (exact) mass is 363 g/mol. The Hall–Kier alpha value is -0.310. The third-order valence-corrected chi connectivity index (χ3v) is 7.56. The Bertz CT molecular complexity index is 472. The summed E-state index contributed by atoms with van der Waals surface area (Å²) in [5, 5.41) is 6.11. The number of piperidine rings is 1. The van der Waals surface area contributed by atoms with Crippen LogP contribution < -0.4 is 10.6 Å². The van der Waals surface area contributed by atoms with E-state index in [4.69, 9.17) is 0 Å². The summed E-state index contributed by atoms with van der Waals surface area (Å²) in [6.45, 7) is 5.58. The van der Waals surface area contributed by atoms with Crippen molar-refractivity contribution in [1.29, 1.82) is 0 Å². The maximum atomic E-state index is 12.2. The summed E-state index contributed by atoms with van der Waals surface area (Å²) in [6.07, 6.45) is 2.73. The van der Waals surface area contributed by atoms with Gasteiger partial charge in [-0.05, 0) is 37.8 Å². The standard InChI is InChI=1S/C15H29N3O3S2/c1-13(14-2-4-16-5-3-14)12-15(19)17-6-11-23(20,21)18-7-9-22-10-8-18/h13-14,16H,2-12H2,1H3,(H,17,19). The van der Waals surface area contributed by atoms with Gasteiger partial charge in [0.2, 0.25) is 15.9 Å². The van der Waals surface area contributed by atoms with Gasteiger partial charge in [-0.2, -0.15) is 11.8 Å². The van der Waals surface area contributed by atoms with Crippen molar-refractivity contribution >= 4 is 27.7 Å². The molecule has 8 heteroatoms. The molecule has 2 rings (SSSR count). The molecule has 1 atom stereocenters. The highest BCUT2D eigenvalue weighted by Gasteiger charge is 2.25. The Labute approximate surface area is 144 Å². The topological polar surface area (TPSA) is 78.5 Å². The number of hydrogen-bond donors (Lipinski definition) is 2. The van der Waals surface area contributed by atoms with E-state index in [9.17, 15) is 13.2 Å². The van der Waals surface area contributed by atoms with Crippen molar-refractivity contribution in [1.82, 2.24) is 14.9 Å². The zero-order chi connectivity index (χ0) is 16.7.